The van der Waals surface area contributed by atoms with Gasteiger partial charge in [0.15, 0.2) is 0 Å². The zero-order valence-electron chi connectivity index (χ0n) is 70.5. The van der Waals surface area contributed by atoms with Gasteiger partial charge in [0.05, 0.1) is 94.2 Å². The van der Waals surface area contributed by atoms with Gasteiger partial charge in [-0.05, 0) is 211 Å². The third-order valence-corrected chi connectivity index (χ3v) is 24.1. The Hall–Kier alpha value is -12.4. The molecule has 0 spiro atoms. The van der Waals surface area contributed by atoms with Crippen molar-refractivity contribution in [1.82, 2.24) is 59.7 Å². The molecule has 650 valence electrons. The van der Waals surface area contributed by atoms with Crippen LogP contribution in [0.5, 0.6) is 0 Å². The van der Waals surface area contributed by atoms with E-state index in [1.165, 1.54) is 10.6 Å². The smallest absolute Gasteiger partial charge is 0.257 e. The number of sulfonamides is 1. The van der Waals surface area contributed by atoms with Gasteiger partial charge in [-0.15, -0.1) is 0 Å². The normalized spacial score (nSPS) is 15.3. The van der Waals surface area contributed by atoms with Gasteiger partial charge in [0.2, 0.25) is 15.9 Å². The molecule has 0 saturated carbocycles. The third-order valence-electron chi connectivity index (χ3n) is 21.4. The first-order valence-electron chi connectivity index (χ1n) is 41.0. The van der Waals surface area contributed by atoms with E-state index in [0.29, 0.717) is 152 Å². The average molecular weight is 1800 g/mol. The van der Waals surface area contributed by atoms with Crippen LogP contribution in [-0.4, -0.2) is 209 Å². The van der Waals surface area contributed by atoms with Crippen LogP contribution < -0.4 is 51.5 Å². The molecule has 4 aromatic carbocycles. The third kappa shape index (κ3) is 23.8. The summed E-state index contributed by atoms with van der Waals surface area (Å²) in [4.78, 5) is 109. The predicted octanol–water partition coefficient (Wildman–Crippen LogP) is 14.7. The van der Waals surface area contributed by atoms with Crippen molar-refractivity contribution in [2.24, 2.45) is 0 Å². The van der Waals surface area contributed by atoms with Crippen molar-refractivity contribution in [2.75, 3.05) is 145 Å². The van der Waals surface area contributed by atoms with Crippen molar-refractivity contribution in [2.45, 2.75) is 53.6 Å². The summed E-state index contributed by atoms with van der Waals surface area (Å²) in [5.74, 6) is 2.08. The van der Waals surface area contributed by atoms with E-state index in [9.17, 15) is 32.4 Å². The SMILES string of the molecule is Cc1nc(N2CCN(C(=O)CO)CC2)ccc1C(=O)Nc1ccc(Cl)c(-c2ccccn2)c1.Cc1nc(N2CCN(S(C)(=O)=O)CC2)ccc1C(=O)Nc1ccc(Cl)c(-c2ccccn2)c1.Cc1nc(N2CCNC(C)C2)ccc1C(=O)Nc1ccc(Cl)c(-c2ccccn2)c1.Cc1nc(N2CCN[C@H](C)C2)ccc1C(=O)Nc1ccc(Cl)c(-c2ccccn2)c1. The molecule has 126 heavy (non-hydrogen) atoms. The average Bonchev–Trinajstić information content (AvgIpc) is 0.821. The lowest BCUT2D eigenvalue weighted by Gasteiger charge is -2.35. The van der Waals surface area contributed by atoms with Crippen LogP contribution in [0.2, 0.25) is 20.1 Å². The van der Waals surface area contributed by atoms with E-state index >= 15 is 0 Å². The summed E-state index contributed by atoms with van der Waals surface area (Å²) in [5.41, 5.74) is 13.1. The molecule has 1 unspecified atom stereocenters. The summed E-state index contributed by atoms with van der Waals surface area (Å²) in [7, 11) is -3.19. The van der Waals surface area contributed by atoms with E-state index in [4.69, 9.17) is 51.5 Å². The number of hydrogen-bond donors (Lipinski definition) is 7. The molecule has 4 saturated heterocycles. The quantitative estimate of drug-likeness (QED) is 0.0419. The van der Waals surface area contributed by atoms with Gasteiger partial charge in [0.25, 0.3) is 23.6 Å². The Morgan fingerprint density at radius 2 is 0.659 bits per heavy atom. The highest BCUT2D eigenvalue weighted by molar-refractivity contribution is 7.88. The van der Waals surface area contributed by atoms with Crippen LogP contribution >= 0.6 is 46.4 Å². The highest BCUT2D eigenvalue weighted by atomic mass is 35.5. The van der Waals surface area contributed by atoms with E-state index in [2.05, 4.69) is 100 Å². The zero-order chi connectivity index (χ0) is 89.1. The predicted molar refractivity (Wildman–Crippen MR) is 500 cm³/mol. The minimum Gasteiger partial charge on any atom is -0.387 e. The number of pyridine rings is 8. The second-order valence-corrected chi connectivity index (χ2v) is 34.1. The number of nitrogens with zero attached hydrogens (tertiary/aromatic N) is 14. The molecular formula is C93H96Cl4N20O8S. The molecule has 0 bridgehead atoms. The molecule has 4 aliphatic rings. The molecule has 8 aromatic heterocycles. The molecule has 0 radical (unpaired) electrons. The zero-order valence-corrected chi connectivity index (χ0v) is 74.4. The van der Waals surface area contributed by atoms with E-state index < -0.39 is 16.6 Å². The molecule has 16 rings (SSSR count). The number of halogens is 4. The monoisotopic (exact) mass is 1790 g/mol. The first-order chi connectivity index (χ1) is 60.7. The molecule has 12 heterocycles. The minimum atomic E-state index is -3.19. The van der Waals surface area contributed by atoms with Gasteiger partial charge in [-0.25, -0.2) is 28.4 Å². The number of aromatic nitrogens is 8. The van der Waals surface area contributed by atoms with Gasteiger partial charge in [-0.2, -0.15) is 4.31 Å². The number of carbonyl (C=O) groups excluding carboxylic acids is 5. The summed E-state index contributed by atoms with van der Waals surface area (Å²) in [6.45, 7) is 20.8. The van der Waals surface area contributed by atoms with Crippen LogP contribution in [0.1, 0.15) is 78.1 Å². The first kappa shape index (κ1) is 91.3. The molecule has 2 atom stereocenters. The second-order valence-electron chi connectivity index (χ2n) is 30.4. The number of piperazine rings is 4. The number of benzene rings is 4. The van der Waals surface area contributed by atoms with Crippen molar-refractivity contribution < 1.29 is 37.5 Å². The molecule has 7 N–H and O–H groups in total. The summed E-state index contributed by atoms with van der Waals surface area (Å²) in [6, 6.07) is 59.2. The highest BCUT2D eigenvalue weighted by Gasteiger charge is 2.28. The van der Waals surface area contributed by atoms with Crippen LogP contribution in [0.15, 0.2) is 219 Å². The fourth-order valence-electron chi connectivity index (χ4n) is 14.7. The van der Waals surface area contributed by atoms with Gasteiger partial charge in [0, 0.05) is 174 Å². The number of carbonyl (C=O) groups is 5. The van der Waals surface area contributed by atoms with Gasteiger partial charge in [-0.1, -0.05) is 70.7 Å². The van der Waals surface area contributed by atoms with Crippen molar-refractivity contribution in [1.29, 1.82) is 0 Å². The van der Waals surface area contributed by atoms with E-state index in [1.807, 2.05) is 134 Å². The molecule has 33 heteroatoms. The molecule has 28 nitrogen and oxygen atoms in total. The number of rotatable bonds is 18. The lowest BCUT2D eigenvalue weighted by Crippen LogP contribution is -2.49. The summed E-state index contributed by atoms with van der Waals surface area (Å²) in [6.07, 6.45) is 8.03. The van der Waals surface area contributed by atoms with Crippen molar-refractivity contribution in [3.8, 4) is 45.0 Å². The van der Waals surface area contributed by atoms with E-state index in [0.717, 1.165) is 108 Å². The van der Waals surface area contributed by atoms with Crippen LogP contribution in [0.4, 0.5) is 46.0 Å². The van der Waals surface area contributed by atoms with Crippen molar-refractivity contribution >= 4 is 132 Å². The molecule has 0 aliphatic carbocycles. The first-order valence-corrected chi connectivity index (χ1v) is 44.4. The van der Waals surface area contributed by atoms with Crippen molar-refractivity contribution in [3.63, 3.8) is 0 Å². The maximum absolute atomic E-state index is 12.9. The van der Waals surface area contributed by atoms with Gasteiger partial charge >= 0.3 is 0 Å². The lowest BCUT2D eigenvalue weighted by atomic mass is 10.1. The molecular weight excluding hydrogens is 1700 g/mol. The number of amides is 5. The molecule has 12 aromatic rings. The lowest BCUT2D eigenvalue weighted by molar-refractivity contribution is -0.134. The minimum absolute atomic E-state index is 0.200. The Bertz CT molecular complexity index is 5840. The maximum Gasteiger partial charge on any atom is 0.257 e. The Kier molecular flexibility index (Phi) is 30.8. The number of aliphatic hydroxyl groups is 1. The largest absolute Gasteiger partial charge is 0.387 e. The molecule has 4 fully saturated rings. The number of nitrogens with one attached hydrogen (secondary N) is 6. The second kappa shape index (κ2) is 42.5. The topological polar surface area (TPSA) is 334 Å². The van der Waals surface area contributed by atoms with Gasteiger partial charge in [-0.3, -0.25) is 43.9 Å². The van der Waals surface area contributed by atoms with Gasteiger partial charge in [0.1, 0.15) is 29.9 Å². The Morgan fingerprint density at radius 3 is 0.905 bits per heavy atom. The van der Waals surface area contributed by atoms with Crippen LogP contribution in [0, 0.1) is 27.7 Å². The van der Waals surface area contributed by atoms with E-state index in [1.54, 1.807) is 122 Å². The fourth-order valence-corrected chi connectivity index (χ4v) is 16.4. The summed E-state index contributed by atoms with van der Waals surface area (Å²) >= 11 is 25.3. The number of anilines is 8. The number of hydrogen-bond acceptors (Lipinski definition) is 22. The Morgan fingerprint density at radius 1 is 0.381 bits per heavy atom. The van der Waals surface area contributed by atoms with Crippen LogP contribution in [0.25, 0.3) is 45.0 Å². The number of aliphatic hydroxyl groups excluding tert-OH is 1. The summed E-state index contributed by atoms with van der Waals surface area (Å²) < 4.78 is 24.9. The fraction of sp³-hybridized carbons (Fsp3) is 0.258. The van der Waals surface area contributed by atoms with Gasteiger partial charge < -0.3 is 61.5 Å². The standard InChI is InChI=1S/C24H24ClN5O3.C23H24ClN5O3S.2C23H24ClN5O/c1-16-18(6-8-22(27-16)29-10-12-30(13-11-29)23(32)15-31)24(33)28-17-5-7-20(25)19(14-17)21-4-2-3-9-26-21;1-16-18(7-9-22(26-16)28-11-13-29(14-12-28)33(2,31)32)23(30)27-17-6-8-20(24)19(15-17)21-5-3-4-10-25-21;2*1-15-14-29(12-11-25-15)22-9-7-18(16(2)27-22)23(30)28-17-6-8-20(24)19(13-17)21-5-3-4-10-26-21/h2-9,14,31H,10-13,15H2,1H3,(H,28,33);3-10,15H,11-14H2,1-2H3,(H,27,30);2*3-10,13,15,25H,11-12,14H2,1-2H3,(H,28,30)/t;;15-;/m..1./s1. The van der Waals surface area contributed by atoms with E-state index in [-0.39, 0.29) is 29.5 Å². The van der Waals surface area contributed by atoms with Crippen molar-refractivity contribution in [3.05, 3.63) is 284 Å². The van der Waals surface area contributed by atoms with Crippen LogP contribution in [-0.2, 0) is 14.8 Å². The summed E-state index contributed by atoms with van der Waals surface area (Å²) in [5, 5.41) is 29.9. The number of aryl methyl sites for hydroxylation is 4. The Balaban J connectivity index is 0.000000144. The Labute approximate surface area is 752 Å². The highest BCUT2D eigenvalue weighted by Crippen LogP contribution is 2.35. The maximum atomic E-state index is 12.9. The molecule has 4 aliphatic heterocycles. The molecule has 5 amide bonds. The van der Waals surface area contributed by atoms with Crippen LogP contribution in [0.3, 0.4) is 0 Å².